The number of hydrogen-bond acceptors (Lipinski definition) is 1. The van der Waals surface area contributed by atoms with Gasteiger partial charge in [0.15, 0.2) is 0 Å². The van der Waals surface area contributed by atoms with Gasteiger partial charge in [-0.3, -0.25) is 0 Å². The van der Waals surface area contributed by atoms with Crippen molar-refractivity contribution in [3.63, 3.8) is 0 Å². The van der Waals surface area contributed by atoms with Crippen molar-refractivity contribution in [1.29, 1.82) is 0 Å². The van der Waals surface area contributed by atoms with E-state index >= 15 is 0 Å². The number of rotatable bonds is 2. The Kier molecular flexibility index (Phi) is 3.52. The van der Waals surface area contributed by atoms with Gasteiger partial charge in [-0.2, -0.15) is 0 Å². The molecule has 2 atom stereocenters. The van der Waals surface area contributed by atoms with Crippen LogP contribution in [0.1, 0.15) is 45.6 Å². The molecule has 1 nitrogen and oxygen atoms in total. The molecule has 18 heavy (non-hydrogen) atoms. The Morgan fingerprint density at radius 1 is 1.17 bits per heavy atom. The van der Waals surface area contributed by atoms with Crippen LogP contribution in [-0.2, 0) is 0 Å². The van der Waals surface area contributed by atoms with Crippen LogP contribution in [0.2, 0.25) is 0 Å². The first-order valence-electron chi connectivity index (χ1n) is 6.76. The van der Waals surface area contributed by atoms with Crippen molar-refractivity contribution in [2.45, 2.75) is 40.0 Å². The Balaban J connectivity index is 2.36. The first kappa shape index (κ1) is 13.2. The predicted octanol–water partition coefficient (Wildman–Crippen LogP) is 4.79. The first-order valence-corrected chi connectivity index (χ1v) is 6.76. The molecule has 0 aliphatic heterocycles. The van der Waals surface area contributed by atoms with Crippen LogP contribution >= 0.6 is 0 Å². The van der Waals surface area contributed by atoms with Gasteiger partial charge in [0.1, 0.15) is 5.75 Å². The SMILES string of the molecule is COc1ccc([C@@H]2[C@@H](C)CC(C)=CC2(C)C)cc1. The molecule has 1 aromatic rings. The second-order valence-electron chi connectivity index (χ2n) is 6.24. The second kappa shape index (κ2) is 4.79. The third-order valence-corrected chi connectivity index (χ3v) is 4.11. The maximum absolute atomic E-state index is 5.24. The molecule has 0 aromatic heterocycles. The van der Waals surface area contributed by atoms with Crippen molar-refractivity contribution < 1.29 is 4.74 Å². The highest BCUT2D eigenvalue weighted by molar-refractivity contribution is 5.33. The minimum absolute atomic E-state index is 0.232. The highest BCUT2D eigenvalue weighted by Gasteiger charge is 2.36. The molecule has 0 saturated carbocycles. The van der Waals surface area contributed by atoms with Gasteiger partial charge in [0.2, 0.25) is 0 Å². The van der Waals surface area contributed by atoms with Crippen molar-refractivity contribution in [2.75, 3.05) is 7.11 Å². The topological polar surface area (TPSA) is 9.23 Å². The van der Waals surface area contributed by atoms with Gasteiger partial charge in [-0.05, 0) is 48.3 Å². The number of hydrogen-bond donors (Lipinski definition) is 0. The molecule has 0 N–H and O–H groups in total. The lowest BCUT2D eigenvalue weighted by molar-refractivity contribution is 0.260. The summed E-state index contributed by atoms with van der Waals surface area (Å²) in [5.74, 6) is 2.22. The fraction of sp³-hybridized carbons (Fsp3) is 0.529. The number of ether oxygens (including phenoxy) is 1. The number of benzene rings is 1. The normalized spacial score (nSPS) is 26.6. The predicted molar refractivity (Wildman–Crippen MR) is 77.1 cm³/mol. The van der Waals surface area contributed by atoms with Crippen molar-refractivity contribution >= 4 is 0 Å². The molecule has 98 valence electrons. The van der Waals surface area contributed by atoms with Crippen LogP contribution in [0.25, 0.3) is 0 Å². The maximum Gasteiger partial charge on any atom is 0.118 e. The number of allylic oxidation sites excluding steroid dienone is 2. The van der Waals surface area contributed by atoms with Gasteiger partial charge in [-0.25, -0.2) is 0 Å². The van der Waals surface area contributed by atoms with Crippen molar-refractivity contribution in [3.05, 3.63) is 41.5 Å². The van der Waals surface area contributed by atoms with E-state index in [-0.39, 0.29) is 5.41 Å². The summed E-state index contributed by atoms with van der Waals surface area (Å²) in [4.78, 5) is 0. The summed E-state index contributed by atoms with van der Waals surface area (Å²) < 4.78 is 5.24. The fourth-order valence-corrected chi connectivity index (χ4v) is 3.71. The Morgan fingerprint density at radius 3 is 2.28 bits per heavy atom. The van der Waals surface area contributed by atoms with Crippen LogP contribution in [0, 0.1) is 11.3 Å². The summed E-state index contributed by atoms with van der Waals surface area (Å²) in [6.07, 6.45) is 3.65. The molecule has 2 rings (SSSR count). The molecule has 0 amide bonds. The summed E-state index contributed by atoms with van der Waals surface area (Å²) in [7, 11) is 1.72. The standard InChI is InChI=1S/C17H24O/c1-12-10-13(2)16(17(3,4)11-12)14-6-8-15(18-5)9-7-14/h6-9,11,13,16H,10H2,1-5H3/t13-,16-/m0/s1. The van der Waals surface area contributed by atoms with E-state index in [0.717, 1.165) is 5.75 Å². The Morgan fingerprint density at radius 2 is 1.78 bits per heavy atom. The average Bonchev–Trinajstić information content (AvgIpc) is 2.27. The quantitative estimate of drug-likeness (QED) is 0.680. The molecule has 0 saturated heterocycles. The first-order chi connectivity index (χ1) is 8.44. The van der Waals surface area contributed by atoms with E-state index < -0.39 is 0 Å². The average molecular weight is 244 g/mol. The lowest BCUT2D eigenvalue weighted by Crippen LogP contribution is -2.29. The summed E-state index contributed by atoms with van der Waals surface area (Å²) >= 11 is 0. The van der Waals surface area contributed by atoms with Crippen LogP contribution in [0.5, 0.6) is 5.75 Å². The summed E-state index contributed by atoms with van der Waals surface area (Å²) in [5, 5.41) is 0. The Labute approximate surface area is 111 Å². The zero-order valence-electron chi connectivity index (χ0n) is 12.2. The summed E-state index contributed by atoms with van der Waals surface area (Å²) in [5.41, 5.74) is 3.19. The minimum atomic E-state index is 0.232. The molecule has 0 radical (unpaired) electrons. The molecule has 0 spiro atoms. The Bertz CT molecular complexity index is 439. The van der Waals surface area contributed by atoms with Gasteiger partial charge < -0.3 is 4.74 Å². The van der Waals surface area contributed by atoms with Crippen LogP contribution in [0.3, 0.4) is 0 Å². The van der Waals surface area contributed by atoms with Gasteiger partial charge in [0.05, 0.1) is 7.11 Å². The highest BCUT2D eigenvalue weighted by atomic mass is 16.5. The highest BCUT2D eigenvalue weighted by Crippen LogP contribution is 2.48. The van der Waals surface area contributed by atoms with Gasteiger partial charge in [0, 0.05) is 0 Å². The van der Waals surface area contributed by atoms with Crippen molar-refractivity contribution in [2.24, 2.45) is 11.3 Å². The summed E-state index contributed by atoms with van der Waals surface area (Å²) in [6, 6.07) is 8.58. The van der Waals surface area contributed by atoms with Gasteiger partial charge in [0.25, 0.3) is 0 Å². The zero-order valence-corrected chi connectivity index (χ0v) is 12.2. The molecule has 1 aliphatic rings. The van der Waals surface area contributed by atoms with Gasteiger partial charge in [-0.1, -0.05) is 44.6 Å². The molecule has 0 bridgehead atoms. The fourth-order valence-electron chi connectivity index (χ4n) is 3.71. The number of methoxy groups -OCH3 is 1. The molecule has 0 unspecified atom stereocenters. The van der Waals surface area contributed by atoms with Crippen LogP contribution in [0.4, 0.5) is 0 Å². The van der Waals surface area contributed by atoms with E-state index in [1.54, 1.807) is 7.11 Å². The third kappa shape index (κ3) is 2.45. The molecule has 1 aromatic carbocycles. The molecular formula is C17H24O. The molecule has 1 aliphatic carbocycles. The van der Waals surface area contributed by atoms with E-state index in [1.807, 2.05) is 0 Å². The van der Waals surface area contributed by atoms with E-state index in [9.17, 15) is 0 Å². The Hall–Kier alpha value is -1.24. The zero-order chi connectivity index (χ0) is 13.3. The van der Waals surface area contributed by atoms with Gasteiger partial charge in [-0.15, -0.1) is 0 Å². The van der Waals surface area contributed by atoms with Crippen LogP contribution in [-0.4, -0.2) is 7.11 Å². The maximum atomic E-state index is 5.24. The largest absolute Gasteiger partial charge is 0.497 e. The lowest BCUT2D eigenvalue weighted by Gasteiger charge is -2.41. The molecule has 0 heterocycles. The van der Waals surface area contributed by atoms with E-state index in [2.05, 4.69) is 58.0 Å². The van der Waals surface area contributed by atoms with Crippen LogP contribution < -0.4 is 4.74 Å². The minimum Gasteiger partial charge on any atom is -0.497 e. The van der Waals surface area contributed by atoms with Crippen LogP contribution in [0.15, 0.2) is 35.9 Å². The lowest BCUT2D eigenvalue weighted by atomic mass is 9.63. The summed E-state index contributed by atoms with van der Waals surface area (Å²) in [6.45, 7) is 9.32. The van der Waals surface area contributed by atoms with Gasteiger partial charge >= 0.3 is 0 Å². The third-order valence-electron chi connectivity index (χ3n) is 4.11. The smallest absolute Gasteiger partial charge is 0.118 e. The van der Waals surface area contributed by atoms with E-state index in [1.165, 1.54) is 17.6 Å². The molecule has 1 heteroatoms. The van der Waals surface area contributed by atoms with E-state index in [0.29, 0.717) is 11.8 Å². The molecular weight excluding hydrogens is 220 g/mol. The monoisotopic (exact) mass is 244 g/mol. The molecule has 0 fully saturated rings. The second-order valence-corrected chi connectivity index (χ2v) is 6.24. The van der Waals surface area contributed by atoms with Crippen molar-refractivity contribution in [3.8, 4) is 5.75 Å². The van der Waals surface area contributed by atoms with E-state index in [4.69, 9.17) is 4.74 Å². The van der Waals surface area contributed by atoms with Crippen molar-refractivity contribution in [1.82, 2.24) is 0 Å².